The largest absolute Gasteiger partial charge is 0.490 e. The summed E-state index contributed by atoms with van der Waals surface area (Å²) < 4.78 is 12.8. The van der Waals surface area contributed by atoms with E-state index in [1.165, 1.54) is 5.56 Å². The van der Waals surface area contributed by atoms with Gasteiger partial charge in [0.05, 0.1) is 17.7 Å². The average Bonchev–Trinajstić information content (AvgIpc) is 2.48. The van der Waals surface area contributed by atoms with Crippen LogP contribution < -0.4 is 14.8 Å². The highest BCUT2D eigenvalue weighted by Gasteiger charge is 2.14. The van der Waals surface area contributed by atoms with Crippen molar-refractivity contribution in [2.24, 2.45) is 5.92 Å². The summed E-state index contributed by atoms with van der Waals surface area (Å²) in [6, 6.07) is 4.17. The molecule has 0 aromatic heterocycles. The van der Waals surface area contributed by atoms with Crippen molar-refractivity contribution in [2.45, 2.75) is 47.1 Å². The Labute approximate surface area is 137 Å². The summed E-state index contributed by atoms with van der Waals surface area (Å²) >= 11 is 3.62. The van der Waals surface area contributed by atoms with Crippen LogP contribution in [0.3, 0.4) is 0 Å². The van der Waals surface area contributed by atoms with E-state index in [1.54, 1.807) is 0 Å². The fourth-order valence-electron chi connectivity index (χ4n) is 2.12. The number of hydrogen-bond acceptors (Lipinski definition) is 3. The molecule has 0 radical (unpaired) electrons. The van der Waals surface area contributed by atoms with Crippen molar-refractivity contribution in [3.8, 4) is 11.5 Å². The first-order chi connectivity index (χ1) is 10.2. The van der Waals surface area contributed by atoms with Gasteiger partial charge in [0.25, 0.3) is 0 Å². The maximum absolute atomic E-state index is 6.03. The van der Waals surface area contributed by atoms with E-state index >= 15 is 0 Å². The summed E-state index contributed by atoms with van der Waals surface area (Å²) in [4.78, 5) is 0. The van der Waals surface area contributed by atoms with Crippen LogP contribution in [-0.2, 0) is 6.54 Å². The van der Waals surface area contributed by atoms with Crippen molar-refractivity contribution in [3.63, 3.8) is 0 Å². The third kappa shape index (κ3) is 5.87. The van der Waals surface area contributed by atoms with Crippen molar-refractivity contribution in [3.05, 3.63) is 22.2 Å². The highest BCUT2D eigenvalue weighted by Crippen LogP contribution is 2.37. The van der Waals surface area contributed by atoms with Crippen LogP contribution in [0, 0.1) is 5.92 Å². The van der Waals surface area contributed by atoms with Crippen molar-refractivity contribution >= 4 is 15.9 Å². The van der Waals surface area contributed by atoms with E-state index in [4.69, 9.17) is 9.47 Å². The number of rotatable bonds is 10. The van der Waals surface area contributed by atoms with Gasteiger partial charge in [0.1, 0.15) is 0 Å². The molecule has 0 heterocycles. The molecule has 120 valence electrons. The Bertz CT molecular complexity index is 419. The Balaban J connectivity index is 2.89. The lowest BCUT2D eigenvalue weighted by Gasteiger charge is -2.18. The van der Waals surface area contributed by atoms with E-state index in [-0.39, 0.29) is 0 Å². The molecule has 1 aromatic carbocycles. The molecule has 0 atom stereocenters. The molecule has 1 aromatic rings. The van der Waals surface area contributed by atoms with Crippen molar-refractivity contribution < 1.29 is 9.47 Å². The molecule has 0 saturated heterocycles. The molecule has 0 unspecified atom stereocenters. The Kier molecular flexibility index (Phi) is 8.77. The van der Waals surface area contributed by atoms with Gasteiger partial charge in [-0.15, -0.1) is 0 Å². The van der Waals surface area contributed by atoms with Crippen LogP contribution in [0.5, 0.6) is 11.5 Å². The van der Waals surface area contributed by atoms with Gasteiger partial charge in [-0.25, -0.2) is 0 Å². The van der Waals surface area contributed by atoms with Crippen molar-refractivity contribution in [1.29, 1.82) is 0 Å². The molecule has 1 N–H and O–H groups in total. The van der Waals surface area contributed by atoms with Gasteiger partial charge in [-0.2, -0.15) is 0 Å². The Morgan fingerprint density at radius 2 is 1.81 bits per heavy atom. The predicted molar refractivity (Wildman–Crippen MR) is 92.3 cm³/mol. The van der Waals surface area contributed by atoms with Gasteiger partial charge >= 0.3 is 0 Å². The van der Waals surface area contributed by atoms with E-state index in [1.807, 2.05) is 6.92 Å². The fourth-order valence-corrected chi connectivity index (χ4v) is 2.73. The van der Waals surface area contributed by atoms with Gasteiger partial charge in [-0.05, 0) is 53.0 Å². The molecule has 1 rings (SSSR count). The van der Waals surface area contributed by atoms with Crippen LogP contribution in [0.25, 0.3) is 0 Å². The summed E-state index contributed by atoms with van der Waals surface area (Å²) in [7, 11) is 0. The van der Waals surface area contributed by atoms with Crippen LogP contribution in [-0.4, -0.2) is 19.8 Å². The maximum atomic E-state index is 6.03. The van der Waals surface area contributed by atoms with Crippen LogP contribution in [0.15, 0.2) is 16.6 Å². The molecule has 21 heavy (non-hydrogen) atoms. The molecule has 4 heteroatoms. The molecule has 3 nitrogen and oxygen atoms in total. The number of halogens is 1. The van der Waals surface area contributed by atoms with Crippen LogP contribution in [0.2, 0.25) is 0 Å². The molecule has 0 spiro atoms. The topological polar surface area (TPSA) is 30.5 Å². The van der Waals surface area contributed by atoms with Gasteiger partial charge in [0, 0.05) is 6.54 Å². The molecule has 0 bridgehead atoms. The van der Waals surface area contributed by atoms with Gasteiger partial charge in [0.2, 0.25) is 0 Å². The zero-order valence-electron chi connectivity index (χ0n) is 13.7. The second kappa shape index (κ2) is 10.1. The molecule has 0 saturated carbocycles. The van der Waals surface area contributed by atoms with Gasteiger partial charge in [-0.1, -0.05) is 33.6 Å². The third-order valence-electron chi connectivity index (χ3n) is 3.57. The monoisotopic (exact) mass is 357 g/mol. The highest BCUT2D eigenvalue weighted by atomic mass is 79.9. The molecule has 0 aliphatic carbocycles. The minimum atomic E-state index is 0.591. The molecule has 0 aliphatic heterocycles. The number of nitrogens with one attached hydrogen (secondary N) is 1. The fraction of sp³-hybridized carbons (Fsp3) is 0.647. The number of ether oxygens (including phenoxy) is 2. The number of benzene rings is 1. The quantitative estimate of drug-likeness (QED) is 0.653. The van der Waals surface area contributed by atoms with Crippen LogP contribution in [0.4, 0.5) is 0 Å². The Morgan fingerprint density at radius 3 is 2.38 bits per heavy atom. The van der Waals surface area contributed by atoms with Gasteiger partial charge < -0.3 is 14.8 Å². The summed E-state index contributed by atoms with van der Waals surface area (Å²) in [6.45, 7) is 11.7. The van der Waals surface area contributed by atoms with Crippen molar-refractivity contribution in [2.75, 3.05) is 19.8 Å². The SMILES string of the molecule is CCNCc1cc(Br)c(OCC(CC)CC)c(OCC)c1. The third-order valence-corrected chi connectivity index (χ3v) is 4.16. The summed E-state index contributed by atoms with van der Waals surface area (Å²) in [5.74, 6) is 2.24. The molecule has 0 fully saturated rings. The normalized spacial score (nSPS) is 11.0. The lowest BCUT2D eigenvalue weighted by atomic mass is 10.1. The number of hydrogen-bond donors (Lipinski definition) is 1. The molecule has 0 amide bonds. The van der Waals surface area contributed by atoms with E-state index in [9.17, 15) is 0 Å². The molecular formula is C17H28BrNO2. The van der Waals surface area contributed by atoms with E-state index in [0.717, 1.165) is 48.5 Å². The van der Waals surface area contributed by atoms with Gasteiger partial charge in [0.15, 0.2) is 11.5 Å². The summed E-state index contributed by atoms with van der Waals surface area (Å²) in [5, 5.41) is 3.33. The highest BCUT2D eigenvalue weighted by molar-refractivity contribution is 9.10. The maximum Gasteiger partial charge on any atom is 0.175 e. The van der Waals surface area contributed by atoms with Crippen molar-refractivity contribution in [1.82, 2.24) is 5.32 Å². The summed E-state index contributed by atoms with van der Waals surface area (Å²) in [6.07, 6.45) is 2.27. The molecular weight excluding hydrogens is 330 g/mol. The van der Waals surface area contributed by atoms with E-state index < -0.39 is 0 Å². The zero-order valence-corrected chi connectivity index (χ0v) is 15.3. The zero-order chi connectivity index (χ0) is 15.7. The lowest BCUT2D eigenvalue weighted by molar-refractivity contribution is 0.224. The standard InChI is InChI=1S/C17H28BrNO2/c1-5-13(6-2)12-21-17-15(18)9-14(11-19-7-3)10-16(17)20-8-4/h9-10,13,19H,5-8,11-12H2,1-4H3. The van der Waals surface area contributed by atoms with E-state index in [2.05, 4.69) is 54.2 Å². The minimum absolute atomic E-state index is 0.591. The van der Waals surface area contributed by atoms with Crippen LogP contribution >= 0.6 is 15.9 Å². The second-order valence-electron chi connectivity index (χ2n) is 5.11. The first kappa shape index (κ1) is 18.3. The lowest BCUT2D eigenvalue weighted by Crippen LogP contribution is -2.13. The molecule has 0 aliphatic rings. The smallest absolute Gasteiger partial charge is 0.175 e. The van der Waals surface area contributed by atoms with E-state index in [0.29, 0.717) is 12.5 Å². The first-order valence-corrected chi connectivity index (χ1v) is 8.74. The summed E-state index contributed by atoms with van der Waals surface area (Å²) in [5.41, 5.74) is 1.20. The minimum Gasteiger partial charge on any atom is -0.490 e. The average molecular weight is 358 g/mol. The first-order valence-electron chi connectivity index (χ1n) is 7.94. The second-order valence-corrected chi connectivity index (χ2v) is 5.97. The van der Waals surface area contributed by atoms with Crippen LogP contribution in [0.1, 0.15) is 46.1 Å². The Morgan fingerprint density at radius 1 is 1.10 bits per heavy atom. The van der Waals surface area contributed by atoms with Gasteiger partial charge in [-0.3, -0.25) is 0 Å². The Hall–Kier alpha value is -0.740. The predicted octanol–water partition coefficient (Wildman–Crippen LogP) is 4.77.